The standard InChI is InChI=1S/C19H19N3O/c1-12(20)15-11-19(15)10-13-6-2-4-8-16(13)22(18(21)23)17-9-5-3-7-14(17)19/h2-9,15,20H,10-11H2,1H3,(H2,21,23)/t15-,19-/m0/s1. The van der Waals surface area contributed by atoms with Crippen LogP contribution in [0, 0.1) is 11.3 Å². The lowest BCUT2D eigenvalue weighted by atomic mass is 9.85. The molecule has 3 N–H and O–H groups in total. The van der Waals surface area contributed by atoms with Crippen molar-refractivity contribution in [2.75, 3.05) is 4.90 Å². The van der Waals surface area contributed by atoms with Gasteiger partial charge in [-0.25, -0.2) is 4.79 Å². The van der Waals surface area contributed by atoms with Crippen LogP contribution in [0.2, 0.25) is 0 Å². The molecule has 0 aromatic heterocycles. The van der Waals surface area contributed by atoms with Gasteiger partial charge in [-0.2, -0.15) is 0 Å². The van der Waals surface area contributed by atoms with Gasteiger partial charge in [-0.3, -0.25) is 4.90 Å². The maximum Gasteiger partial charge on any atom is 0.323 e. The number of nitrogens with zero attached hydrogens (tertiary/aromatic N) is 1. The molecule has 4 nitrogen and oxygen atoms in total. The largest absolute Gasteiger partial charge is 0.351 e. The van der Waals surface area contributed by atoms with Crippen molar-refractivity contribution in [2.24, 2.45) is 11.7 Å². The number of carbonyl (C=O) groups is 1. The third-order valence-electron chi connectivity index (χ3n) is 5.24. The Morgan fingerprint density at radius 2 is 1.83 bits per heavy atom. The van der Waals surface area contributed by atoms with E-state index >= 15 is 0 Å². The van der Waals surface area contributed by atoms with E-state index in [1.165, 1.54) is 0 Å². The lowest BCUT2D eigenvalue weighted by molar-refractivity contribution is 0.256. The summed E-state index contributed by atoms with van der Waals surface area (Å²) in [6.45, 7) is 1.88. The van der Waals surface area contributed by atoms with Crippen LogP contribution in [0.15, 0.2) is 48.5 Å². The molecule has 116 valence electrons. The predicted molar refractivity (Wildman–Crippen MR) is 91.5 cm³/mol. The minimum Gasteiger partial charge on any atom is -0.351 e. The Kier molecular flexibility index (Phi) is 2.85. The molecule has 1 aliphatic heterocycles. The molecule has 2 atom stereocenters. The Hall–Kier alpha value is -2.62. The Bertz CT molecular complexity index is 829. The zero-order valence-corrected chi connectivity index (χ0v) is 13.0. The van der Waals surface area contributed by atoms with Crippen LogP contribution < -0.4 is 10.6 Å². The monoisotopic (exact) mass is 305 g/mol. The number of urea groups is 1. The molecule has 0 saturated heterocycles. The highest BCUT2D eigenvalue weighted by Gasteiger charge is 2.58. The quantitative estimate of drug-likeness (QED) is 0.774. The van der Waals surface area contributed by atoms with Crippen molar-refractivity contribution in [1.29, 1.82) is 5.41 Å². The van der Waals surface area contributed by atoms with Crippen molar-refractivity contribution in [3.8, 4) is 0 Å². The number of anilines is 2. The van der Waals surface area contributed by atoms with E-state index in [1.807, 2.05) is 43.3 Å². The topological polar surface area (TPSA) is 70.2 Å². The number of amides is 2. The van der Waals surface area contributed by atoms with Crippen molar-refractivity contribution in [3.05, 3.63) is 59.7 Å². The molecule has 4 heteroatoms. The first-order valence-corrected chi connectivity index (χ1v) is 7.86. The second-order valence-corrected chi connectivity index (χ2v) is 6.59. The normalized spacial score (nSPS) is 24.6. The second kappa shape index (κ2) is 4.69. The van der Waals surface area contributed by atoms with Crippen molar-refractivity contribution >= 4 is 23.1 Å². The molecule has 0 unspecified atom stereocenters. The summed E-state index contributed by atoms with van der Waals surface area (Å²) in [7, 11) is 0. The summed E-state index contributed by atoms with van der Waals surface area (Å²) in [5, 5.41) is 8.10. The van der Waals surface area contributed by atoms with Crippen LogP contribution in [-0.2, 0) is 11.8 Å². The maximum absolute atomic E-state index is 12.2. The van der Waals surface area contributed by atoms with E-state index < -0.39 is 6.03 Å². The van der Waals surface area contributed by atoms with Gasteiger partial charge in [-0.15, -0.1) is 0 Å². The molecule has 2 aromatic carbocycles. The van der Waals surface area contributed by atoms with Crippen LogP contribution >= 0.6 is 0 Å². The van der Waals surface area contributed by atoms with Crippen LogP contribution in [0.1, 0.15) is 24.5 Å². The Labute approximate surface area is 135 Å². The summed E-state index contributed by atoms with van der Waals surface area (Å²) in [5.74, 6) is 0.240. The summed E-state index contributed by atoms with van der Waals surface area (Å²) < 4.78 is 0. The summed E-state index contributed by atoms with van der Waals surface area (Å²) in [5.41, 5.74) is 10.3. The Morgan fingerprint density at radius 3 is 2.48 bits per heavy atom. The van der Waals surface area contributed by atoms with E-state index in [4.69, 9.17) is 11.1 Å². The van der Waals surface area contributed by atoms with E-state index in [0.717, 1.165) is 35.3 Å². The van der Waals surface area contributed by atoms with Gasteiger partial charge in [0.2, 0.25) is 0 Å². The average molecular weight is 305 g/mol. The molecular formula is C19H19N3O. The molecule has 1 saturated carbocycles. The molecule has 4 rings (SSSR count). The van der Waals surface area contributed by atoms with Crippen molar-refractivity contribution in [1.82, 2.24) is 0 Å². The second-order valence-electron chi connectivity index (χ2n) is 6.59. The molecular weight excluding hydrogens is 286 g/mol. The fourth-order valence-corrected chi connectivity index (χ4v) is 4.14. The number of nitrogens with one attached hydrogen (secondary N) is 1. The molecule has 2 amide bonds. The van der Waals surface area contributed by atoms with E-state index in [1.54, 1.807) is 4.90 Å². The van der Waals surface area contributed by atoms with Crippen molar-refractivity contribution in [3.63, 3.8) is 0 Å². The number of para-hydroxylation sites is 2. The maximum atomic E-state index is 12.2. The van der Waals surface area contributed by atoms with Gasteiger partial charge < -0.3 is 11.1 Å². The number of benzene rings is 2. The van der Waals surface area contributed by atoms with E-state index in [2.05, 4.69) is 12.1 Å². The number of hydrogen-bond acceptors (Lipinski definition) is 2. The lowest BCUT2D eigenvalue weighted by Gasteiger charge is -2.23. The van der Waals surface area contributed by atoms with Gasteiger partial charge in [0, 0.05) is 17.0 Å². The fraction of sp³-hybridized carbons (Fsp3) is 0.263. The highest BCUT2D eigenvalue weighted by atomic mass is 16.2. The number of fused-ring (bicyclic) bond motifs is 3. The molecule has 1 fully saturated rings. The fourth-order valence-electron chi connectivity index (χ4n) is 4.14. The molecule has 0 bridgehead atoms. The molecule has 0 radical (unpaired) electrons. The highest BCUT2D eigenvalue weighted by molar-refractivity contribution is 6.01. The van der Waals surface area contributed by atoms with E-state index in [-0.39, 0.29) is 11.3 Å². The number of hydrogen-bond donors (Lipinski definition) is 2. The lowest BCUT2D eigenvalue weighted by Crippen LogP contribution is -2.32. The van der Waals surface area contributed by atoms with Crippen molar-refractivity contribution in [2.45, 2.75) is 25.2 Å². The van der Waals surface area contributed by atoms with Crippen LogP contribution in [0.4, 0.5) is 16.2 Å². The predicted octanol–water partition coefficient (Wildman–Crippen LogP) is 3.76. The minimum absolute atomic E-state index is 0.0806. The molecule has 2 aromatic rings. The number of rotatable bonds is 1. The zero-order chi connectivity index (χ0) is 16.2. The molecule has 2 aliphatic rings. The summed E-state index contributed by atoms with van der Waals surface area (Å²) in [6, 6.07) is 15.5. The minimum atomic E-state index is -0.467. The Balaban J connectivity index is 2.00. The molecule has 1 aliphatic carbocycles. The van der Waals surface area contributed by atoms with Crippen LogP contribution in [0.5, 0.6) is 0 Å². The van der Waals surface area contributed by atoms with E-state index in [0.29, 0.717) is 5.71 Å². The first-order valence-electron chi connectivity index (χ1n) is 7.86. The van der Waals surface area contributed by atoms with Gasteiger partial charge in [0.05, 0.1) is 11.4 Å². The van der Waals surface area contributed by atoms with Gasteiger partial charge >= 0.3 is 6.03 Å². The van der Waals surface area contributed by atoms with Gasteiger partial charge in [0.25, 0.3) is 0 Å². The number of carbonyl (C=O) groups excluding carboxylic acids is 1. The molecule has 1 spiro atoms. The number of nitrogens with two attached hydrogens (primary N) is 1. The third-order valence-corrected chi connectivity index (χ3v) is 5.24. The van der Waals surface area contributed by atoms with E-state index in [9.17, 15) is 4.79 Å². The average Bonchev–Trinajstić information content (AvgIpc) is 3.27. The zero-order valence-electron chi connectivity index (χ0n) is 13.0. The van der Waals surface area contributed by atoms with Gasteiger partial charge in [0.15, 0.2) is 0 Å². The Morgan fingerprint density at radius 1 is 1.17 bits per heavy atom. The summed E-state index contributed by atoms with van der Waals surface area (Å²) in [6.07, 6.45) is 1.80. The van der Waals surface area contributed by atoms with Gasteiger partial charge in [-0.05, 0) is 43.0 Å². The summed E-state index contributed by atoms with van der Waals surface area (Å²) >= 11 is 0. The van der Waals surface area contributed by atoms with Gasteiger partial charge in [-0.1, -0.05) is 36.4 Å². The highest BCUT2D eigenvalue weighted by Crippen LogP contribution is 2.61. The van der Waals surface area contributed by atoms with Crippen LogP contribution in [0.3, 0.4) is 0 Å². The van der Waals surface area contributed by atoms with Crippen LogP contribution in [0.25, 0.3) is 0 Å². The first kappa shape index (κ1) is 14.0. The SMILES string of the molecule is CC(=N)[C@@H]1C[C@]12Cc1ccccc1N(C(N)=O)c1ccccc12. The third kappa shape index (κ3) is 1.91. The smallest absolute Gasteiger partial charge is 0.323 e. The van der Waals surface area contributed by atoms with Crippen molar-refractivity contribution < 1.29 is 4.79 Å². The van der Waals surface area contributed by atoms with Gasteiger partial charge in [0.1, 0.15) is 0 Å². The molecule has 23 heavy (non-hydrogen) atoms. The summed E-state index contributed by atoms with van der Waals surface area (Å²) in [4.78, 5) is 13.8. The molecule has 1 heterocycles. The van der Waals surface area contributed by atoms with Crippen LogP contribution in [-0.4, -0.2) is 11.7 Å². The number of primary amides is 1. The first-order chi connectivity index (χ1) is 11.0.